The molecule has 0 bridgehead atoms. The number of esters is 1. The molecule has 0 saturated heterocycles. The van der Waals surface area contributed by atoms with E-state index in [9.17, 15) is 24.1 Å². The zero-order chi connectivity index (χ0) is 30.0. The number of carbonyl (C=O) groups excluding carboxylic acids is 2. The van der Waals surface area contributed by atoms with Crippen LogP contribution in [-0.4, -0.2) is 23.4 Å². The summed E-state index contributed by atoms with van der Waals surface area (Å²) in [6.07, 6.45) is 0. The van der Waals surface area contributed by atoms with E-state index in [1.165, 1.54) is 36.4 Å². The van der Waals surface area contributed by atoms with E-state index in [2.05, 4.69) is 5.32 Å². The number of ether oxygens (including phenoxy) is 1. The zero-order valence-corrected chi connectivity index (χ0v) is 23.1. The first-order valence-corrected chi connectivity index (χ1v) is 13.3. The van der Waals surface area contributed by atoms with E-state index < -0.39 is 22.2 Å². The Morgan fingerprint density at radius 3 is 2.33 bits per heavy atom. The Balaban J connectivity index is 1.64. The van der Waals surface area contributed by atoms with E-state index in [-0.39, 0.29) is 46.1 Å². The summed E-state index contributed by atoms with van der Waals surface area (Å²) in [7, 11) is 0. The second-order valence-electron chi connectivity index (χ2n) is 10.2. The number of nitrogens with one attached hydrogen (secondary N) is 1. The van der Waals surface area contributed by atoms with Crippen molar-refractivity contribution in [2.75, 3.05) is 6.61 Å². The van der Waals surface area contributed by atoms with Crippen LogP contribution in [0.5, 0.6) is 0 Å². The average molecular weight is 567 g/mol. The van der Waals surface area contributed by atoms with Crippen molar-refractivity contribution in [3.63, 3.8) is 0 Å². The van der Waals surface area contributed by atoms with Gasteiger partial charge in [0.2, 0.25) is 0 Å². The molecule has 8 nitrogen and oxygen atoms in total. The Kier molecular flexibility index (Phi) is 7.58. The second kappa shape index (κ2) is 11.3. The standard InChI is InChI=1S/C33H27FN2O6/c1-4-41-32(38)28-27-26(42-30(28)20-13-15-24(34)16-14-20)18-17-25(29(27)36(39)40)21-9-8-10-22(19-21)31(37)35-33(2,3)23-11-6-5-7-12-23/h5-19H,4H2,1-3H3,(H,35,37). The van der Waals surface area contributed by atoms with Gasteiger partial charge in [0.05, 0.1) is 22.6 Å². The molecule has 1 heterocycles. The Morgan fingerprint density at radius 1 is 0.952 bits per heavy atom. The summed E-state index contributed by atoms with van der Waals surface area (Å²) in [6, 6.07) is 24.3. The molecule has 1 aromatic heterocycles. The summed E-state index contributed by atoms with van der Waals surface area (Å²) in [6.45, 7) is 5.42. The van der Waals surface area contributed by atoms with E-state index in [1.807, 2.05) is 44.2 Å². The van der Waals surface area contributed by atoms with Crippen molar-refractivity contribution in [3.8, 4) is 22.5 Å². The van der Waals surface area contributed by atoms with Crippen molar-refractivity contribution in [2.45, 2.75) is 26.3 Å². The molecule has 0 atom stereocenters. The number of hydrogen-bond donors (Lipinski definition) is 1. The first-order valence-electron chi connectivity index (χ1n) is 13.3. The molecule has 0 aliphatic carbocycles. The number of halogens is 1. The van der Waals surface area contributed by atoms with Gasteiger partial charge in [-0.1, -0.05) is 42.5 Å². The van der Waals surface area contributed by atoms with Crippen molar-refractivity contribution in [1.29, 1.82) is 0 Å². The van der Waals surface area contributed by atoms with Crippen LogP contribution >= 0.6 is 0 Å². The number of fused-ring (bicyclic) bond motifs is 1. The lowest BCUT2D eigenvalue weighted by atomic mass is 9.93. The van der Waals surface area contributed by atoms with Crippen LogP contribution in [0.15, 0.2) is 95.4 Å². The highest BCUT2D eigenvalue weighted by Crippen LogP contribution is 2.44. The average Bonchev–Trinajstić information content (AvgIpc) is 3.37. The van der Waals surface area contributed by atoms with Crippen molar-refractivity contribution >= 4 is 28.5 Å². The topological polar surface area (TPSA) is 112 Å². The van der Waals surface area contributed by atoms with Crippen molar-refractivity contribution in [1.82, 2.24) is 5.32 Å². The maximum atomic E-state index is 13.6. The minimum Gasteiger partial charge on any atom is -0.462 e. The molecule has 5 rings (SSSR count). The van der Waals surface area contributed by atoms with Crippen LogP contribution in [0.3, 0.4) is 0 Å². The highest BCUT2D eigenvalue weighted by Gasteiger charge is 2.32. The van der Waals surface area contributed by atoms with E-state index in [4.69, 9.17) is 9.15 Å². The fourth-order valence-corrected chi connectivity index (χ4v) is 4.91. The third-order valence-corrected chi connectivity index (χ3v) is 6.95. The molecular weight excluding hydrogens is 539 g/mol. The van der Waals surface area contributed by atoms with Gasteiger partial charge in [-0.05, 0) is 80.4 Å². The number of hydrogen-bond acceptors (Lipinski definition) is 6. The van der Waals surface area contributed by atoms with Crippen molar-refractivity contribution in [3.05, 3.63) is 124 Å². The van der Waals surface area contributed by atoms with Gasteiger partial charge >= 0.3 is 5.97 Å². The summed E-state index contributed by atoms with van der Waals surface area (Å²) >= 11 is 0. The molecule has 9 heteroatoms. The smallest absolute Gasteiger partial charge is 0.342 e. The molecule has 0 fully saturated rings. The van der Waals surface area contributed by atoms with Gasteiger partial charge in [-0.25, -0.2) is 9.18 Å². The predicted molar refractivity (Wildman–Crippen MR) is 157 cm³/mol. The fraction of sp³-hybridized carbons (Fsp3) is 0.152. The lowest BCUT2D eigenvalue weighted by molar-refractivity contribution is -0.382. The molecule has 4 aromatic carbocycles. The molecule has 5 aromatic rings. The molecule has 0 unspecified atom stereocenters. The van der Waals surface area contributed by atoms with Crippen LogP contribution in [0.4, 0.5) is 10.1 Å². The summed E-state index contributed by atoms with van der Waals surface area (Å²) < 4.78 is 24.8. The molecule has 1 N–H and O–H groups in total. The largest absolute Gasteiger partial charge is 0.462 e. The SMILES string of the molecule is CCOC(=O)c1c(-c2ccc(F)cc2)oc2ccc(-c3cccc(C(=O)NC(C)(C)c4ccccc4)c3)c([N+](=O)[O-])c12. The number of furan rings is 1. The van der Waals surface area contributed by atoms with Gasteiger partial charge in [0, 0.05) is 11.1 Å². The fourth-order valence-electron chi connectivity index (χ4n) is 4.91. The van der Waals surface area contributed by atoms with Gasteiger partial charge in [-0.2, -0.15) is 0 Å². The Morgan fingerprint density at radius 2 is 1.67 bits per heavy atom. The zero-order valence-electron chi connectivity index (χ0n) is 23.1. The summed E-state index contributed by atoms with van der Waals surface area (Å²) in [5.41, 5.74) is 1.05. The van der Waals surface area contributed by atoms with Gasteiger partial charge in [-0.3, -0.25) is 14.9 Å². The molecule has 0 spiro atoms. The second-order valence-corrected chi connectivity index (χ2v) is 10.2. The van der Waals surface area contributed by atoms with Crippen LogP contribution < -0.4 is 5.32 Å². The quantitative estimate of drug-likeness (QED) is 0.117. The van der Waals surface area contributed by atoms with Gasteiger partial charge in [0.15, 0.2) is 0 Å². The van der Waals surface area contributed by atoms with Crippen molar-refractivity contribution in [2.24, 2.45) is 0 Å². The van der Waals surface area contributed by atoms with Crippen LogP contribution in [0.1, 0.15) is 47.1 Å². The van der Waals surface area contributed by atoms with Gasteiger partial charge in [-0.15, -0.1) is 0 Å². The maximum absolute atomic E-state index is 13.6. The number of benzene rings is 4. The number of nitrogens with zero attached hydrogens (tertiary/aromatic N) is 1. The lowest BCUT2D eigenvalue weighted by Gasteiger charge is -2.27. The number of amides is 1. The van der Waals surface area contributed by atoms with Crippen molar-refractivity contribution < 1.29 is 28.1 Å². The summed E-state index contributed by atoms with van der Waals surface area (Å²) in [5, 5.41) is 15.6. The Hall–Kier alpha value is -5.31. The summed E-state index contributed by atoms with van der Waals surface area (Å²) in [5.74, 6) is -1.63. The number of rotatable bonds is 8. The van der Waals surface area contributed by atoms with E-state index in [0.29, 0.717) is 16.7 Å². The minimum absolute atomic E-state index is 0.0261. The van der Waals surface area contributed by atoms with Gasteiger partial charge < -0.3 is 14.5 Å². The Labute approximate surface area is 240 Å². The highest BCUT2D eigenvalue weighted by molar-refractivity contribution is 6.14. The highest BCUT2D eigenvalue weighted by atomic mass is 19.1. The number of nitro groups is 1. The molecule has 212 valence electrons. The number of carbonyl (C=O) groups is 2. The molecule has 0 aliphatic heterocycles. The van der Waals surface area contributed by atoms with Gasteiger partial charge in [0.25, 0.3) is 11.6 Å². The van der Waals surface area contributed by atoms with E-state index in [1.54, 1.807) is 31.2 Å². The summed E-state index contributed by atoms with van der Waals surface area (Å²) in [4.78, 5) is 38.5. The monoisotopic (exact) mass is 566 g/mol. The van der Waals surface area contributed by atoms with E-state index in [0.717, 1.165) is 5.56 Å². The predicted octanol–water partition coefficient (Wildman–Crippen LogP) is 7.66. The first kappa shape index (κ1) is 28.2. The number of nitro benzene ring substituents is 1. The first-order chi connectivity index (χ1) is 20.1. The molecule has 0 radical (unpaired) electrons. The maximum Gasteiger partial charge on any atom is 0.342 e. The van der Waals surface area contributed by atoms with Crippen LogP contribution in [0.2, 0.25) is 0 Å². The normalized spacial score (nSPS) is 11.3. The minimum atomic E-state index is -0.813. The molecule has 42 heavy (non-hydrogen) atoms. The third kappa shape index (κ3) is 5.36. The van der Waals surface area contributed by atoms with Crippen LogP contribution in [-0.2, 0) is 10.3 Å². The lowest BCUT2D eigenvalue weighted by Crippen LogP contribution is -2.40. The molecule has 0 saturated carbocycles. The molecular formula is C33H27FN2O6. The van der Waals surface area contributed by atoms with Gasteiger partial charge in [0.1, 0.15) is 28.1 Å². The third-order valence-electron chi connectivity index (χ3n) is 6.95. The Bertz CT molecular complexity index is 1810. The molecule has 1 amide bonds. The molecule has 0 aliphatic rings. The van der Waals surface area contributed by atoms with Crippen LogP contribution in [0.25, 0.3) is 33.4 Å². The van der Waals surface area contributed by atoms with E-state index >= 15 is 0 Å². The van der Waals surface area contributed by atoms with Crippen LogP contribution in [0, 0.1) is 15.9 Å².